The minimum atomic E-state index is -0.412. The van der Waals surface area contributed by atoms with E-state index in [1.807, 2.05) is 13.0 Å². The van der Waals surface area contributed by atoms with Crippen LogP contribution in [0, 0.1) is 10.6 Å². The molecular weight excluding hydrogens is 431 g/mol. The number of rotatable bonds is 7. The van der Waals surface area contributed by atoms with Gasteiger partial charge in [0.15, 0.2) is 0 Å². The zero-order valence-electron chi connectivity index (χ0n) is 12.6. The molecule has 0 aliphatic heterocycles. The van der Waals surface area contributed by atoms with E-state index in [1.54, 1.807) is 10.7 Å². The van der Waals surface area contributed by atoms with Gasteiger partial charge in [-0.15, -0.1) is 0 Å². The Bertz CT molecular complexity index is 799. The number of hydrogen-bond acceptors (Lipinski definition) is 7. The van der Waals surface area contributed by atoms with Gasteiger partial charge in [0.25, 0.3) is 0 Å². The quantitative estimate of drug-likeness (QED) is 0.0946. The molecule has 2 rings (SSSR count). The molecule has 0 saturated carbocycles. The summed E-state index contributed by atoms with van der Waals surface area (Å²) in [6.45, 7) is 3.60. The molecule has 0 spiro atoms. The maximum absolute atomic E-state index is 11.5. The summed E-state index contributed by atoms with van der Waals surface area (Å²) in [6, 6.07) is 1.91. The molecule has 0 aliphatic rings. The van der Waals surface area contributed by atoms with Gasteiger partial charge in [-0.3, -0.25) is 0 Å². The van der Waals surface area contributed by atoms with Crippen molar-refractivity contribution in [3.05, 3.63) is 27.2 Å². The summed E-state index contributed by atoms with van der Waals surface area (Å²) >= 11 is 3.97. The molecule has 7 nitrogen and oxygen atoms in total. The van der Waals surface area contributed by atoms with Crippen molar-refractivity contribution in [1.82, 2.24) is 14.6 Å². The van der Waals surface area contributed by atoms with Gasteiger partial charge in [-0.25, -0.2) is 0 Å². The SMILES string of the molecule is CC(=O)c1cnc2cc([I-]CCOC(=O)CN=C=S)nn2c1C. The number of nitrogens with zero attached hydrogens (tertiary/aromatic N) is 4. The first-order valence-electron chi connectivity index (χ1n) is 6.67. The summed E-state index contributed by atoms with van der Waals surface area (Å²) < 4.78 is 8.40. The monoisotopic (exact) mass is 445 g/mol. The van der Waals surface area contributed by atoms with Crippen LogP contribution in [0.5, 0.6) is 0 Å². The number of aromatic nitrogens is 3. The van der Waals surface area contributed by atoms with Gasteiger partial charge in [-0.2, -0.15) is 0 Å². The van der Waals surface area contributed by atoms with Crippen LogP contribution in [0.3, 0.4) is 0 Å². The summed E-state index contributed by atoms with van der Waals surface area (Å²) in [5, 5.41) is 6.61. The van der Waals surface area contributed by atoms with Crippen LogP contribution >= 0.6 is 12.2 Å². The fraction of sp³-hybridized carbons (Fsp3) is 0.357. The second kappa shape index (κ2) is 8.23. The number of aryl methyl sites for hydroxylation is 1. The molecule has 0 fully saturated rings. The van der Waals surface area contributed by atoms with Crippen molar-refractivity contribution in [2.24, 2.45) is 4.99 Å². The van der Waals surface area contributed by atoms with Crippen LogP contribution in [0.1, 0.15) is 23.0 Å². The molecule has 0 aromatic carbocycles. The number of carbonyl (C=O) groups is 2. The number of aliphatic imine (C=N–C) groups is 1. The van der Waals surface area contributed by atoms with E-state index in [-0.39, 0.29) is 12.3 Å². The van der Waals surface area contributed by atoms with E-state index in [9.17, 15) is 9.59 Å². The molecule has 0 saturated heterocycles. The van der Waals surface area contributed by atoms with E-state index in [4.69, 9.17) is 4.74 Å². The van der Waals surface area contributed by atoms with Crippen molar-refractivity contribution in [3.63, 3.8) is 0 Å². The van der Waals surface area contributed by atoms with Gasteiger partial charge in [-0.1, -0.05) is 0 Å². The van der Waals surface area contributed by atoms with Crippen LogP contribution in [-0.4, -0.2) is 49.1 Å². The van der Waals surface area contributed by atoms with Crippen LogP contribution < -0.4 is 21.2 Å². The topological polar surface area (TPSA) is 85.9 Å². The number of isothiocyanates is 1. The Balaban J connectivity index is 1.96. The van der Waals surface area contributed by atoms with E-state index in [1.165, 1.54) is 6.92 Å². The average molecular weight is 445 g/mol. The van der Waals surface area contributed by atoms with Crippen LogP contribution in [0.2, 0.25) is 0 Å². The number of carbonyl (C=O) groups excluding carboxylic acids is 2. The van der Waals surface area contributed by atoms with Gasteiger partial charge in [0.2, 0.25) is 0 Å². The fourth-order valence-electron chi connectivity index (χ4n) is 1.86. The van der Waals surface area contributed by atoms with Gasteiger partial charge < -0.3 is 0 Å². The van der Waals surface area contributed by atoms with Crippen molar-refractivity contribution >= 4 is 34.8 Å². The first-order valence-corrected chi connectivity index (χ1v) is 9.69. The maximum atomic E-state index is 11.5. The Hall–Kier alpha value is -1.71. The summed E-state index contributed by atoms with van der Waals surface area (Å²) in [5.41, 5.74) is 2.06. The average Bonchev–Trinajstić information content (AvgIpc) is 2.93. The normalized spacial score (nSPS) is 10.5. The van der Waals surface area contributed by atoms with Gasteiger partial charge >= 0.3 is 149 Å². The second-order valence-electron chi connectivity index (χ2n) is 4.50. The Labute approximate surface area is 148 Å². The van der Waals surface area contributed by atoms with Crippen LogP contribution in [0.15, 0.2) is 17.3 Å². The van der Waals surface area contributed by atoms with Gasteiger partial charge in [-0.05, 0) is 0 Å². The third-order valence-corrected chi connectivity index (χ3v) is 5.34. The number of esters is 1. The molecule has 23 heavy (non-hydrogen) atoms. The van der Waals surface area contributed by atoms with Crippen molar-refractivity contribution in [2.75, 3.05) is 17.6 Å². The van der Waals surface area contributed by atoms with Gasteiger partial charge in [0.05, 0.1) is 0 Å². The Morgan fingerprint density at radius 2 is 2.30 bits per heavy atom. The van der Waals surface area contributed by atoms with E-state index >= 15 is 0 Å². The molecule has 0 N–H and O–H groups in total. The van der Waals surface area contributed by atoms with Crippen LogP contribution in [-0.2, 0) is 9.53 Å². The molecule has 0 radical (unpaired) electrons. The fourth-order valence-corrected chi connectivity index (χ4v) is 3.79. The molecule has 9 heteroatoms. The standard InChI is InChI=1S/C14H14IN4O3S/c1-9-11(10(2)20)6-17-13-5-12(18-19(9)13)15-3-4-22-14(21)7-16-8-23/h5-6H,3-4,7H2,1-2H3/q-1. The third kappa shape index (κ3) is 4.63. The van der Waals surface area contributed by atoms with Crippen molar-refractivity contribution < 1.29 is 35.5 Å². The zero-order valence-corrected chi connectivity index (χ0v) is 15.5. The van der Waals surface area contributed by atoms with Crippen LogP contribution in [0.4, 0.5) is 0 Å². The summed E-state index contributed by atoms with van der Waals surface area (Å²) in [6.07, 6.45) is 1.58. The summed E-state index contributed by atoms with van der Waals surface area (Å²) in [7, 11) is 0. The molecule has 0 amide bonds. The molecule has 2 aromatic rings. The number of ether oxygens (including phenoxy) is 1. The van der Waals surface area contributed by atoms with E-state index in [0.717, 1.165) is 19.5 Å². The number of halogens is 1. The molecule has 0 unspecified atom stereocenters. The molecule has 0 bridgehead atoms. The minimum absolute atomic E-state index is 0.0328. The van der Waals surface area contributed by atoms with E-state index in [0.29, 0.717) is 12.2 Å². The molecule has 0 aliphatic carbocycles. The second-order valence-corrected chi connectivity index (χ2v) is 7.63. The summed E-state index contributed by atoms with van der Waals surface area (Å²) in [4.78, 5) is 30.5. The van der Waals surface area contributed by atoms with Crippen molar-refractivity contribution in [3.8, 4) is 0 Å². The number of alkyl halides is 1. The molecule has 2 aromatic heterocycles. The number of ketones is 1. The number of thiocarbonyl (C=S) groups is 1. The molecule has 2 heterocycles. The molecule has 0 atom stereocenters. The zero-order chi connectivity index (χ0) is 16.8. The Morgan fingerprint density at radius 3 is 3.00 bits per heavy atom. The Morgan fingerprint density at radius 1 is 1.52 bits per heavy atom. The van der Waals surface area contributed by atoms with Crippen molar-refractivity contribution in [1.29, 1.82) is 0 Å². The van der Waals surface area contributed by atoms with E-state index < -0.39 is 27.2 Å². The third-order valence-electron chi connectivity index (χ3n) is 2.92. The first kappa shape index (κ1) is 17.6. The number of fused-ring (bicyclic) bond motifs is 1. The van der Waals surface area contributed by atoms with Gasteiger partial charge in [0.1, 0.15) is 0 Å². The predicted octanol–water partition coefficient (Wildman–Crippen LogP) is -1.86. The molecular formula is C14H14IN4O3S-. The van der Waals surface area contributed by atoms with Crippen molar-refractivity contribution in [2.45, 2.75) is 13.8 Å². The number of Topliss-reactive ketones (excluding diaryl/α,β-unsaturated/α-hetero) is 1. The van der Waals surface area contributed by atoms with E-state index in [2.05, 4.69) is 32.5 Å². The predicted molar refractivity (Wildman–Crippen MR) is 82.1 cm³/mol. The first-order chi connectivity index (χ1) is 11.0. The number of hydrogen-bond donors (Lipinski definition) is 0. The van der Waals surface area contributed by atoms with Crippen LogP contribution in [0.25, 0.3) is 5.65 Å². The summed E-state index contributed by atoms with van der Waals surface area (Å²) in [5.74, 6) is -0.445. The Kier molecular flexibility index (Phi) is 6.31. The van der Waals surface area contributed by atoms with Gasteiger partial charge in [0, 0.05) is 0 Å². The molecule has 122 valence electrons.